The van der Waals surface area contributed by atoms with Gasteiger partial charge in [-0.05, 0) is 31.0 Å². The molecule has 1 atom stereocenters. The van der Waals surface area contributed by atoms with Gasteiger partial charge in [0.15, 0.2) is 0 Å². The quantitative estimate of drug-likeness (QED) is 0.915. The number of nitrogens with zero attached hydrogens (tertiary/aromatic N) is 2. The van der Waals surface area contributed by atoms with Crippen molar-refractivity contribution in [2.24, 2.45) is 11.7 Å². The maximum Gasteiger partial charge on any atom is 0.256 e. The summed E-state index contributed by atoms with van der Waals surface area (Å²) in [5, 5.41) is 0. The molecule has 21 heavy (non-hydrogen) atoms. The van der Waals surface area contributed by atoms with Crippen LogP contribution in [0.1, 0.15) is 22.8 Å². The van der Waals surface area contributed by atoms with Crippen LogP contribution in [-0.2, 0) is 0 Å². The molecule has 0 radical (unpaired) electrons. The summed E-state index contributed by atoms with van der Waals surface area (Å²) in [6.45, 7) is 8.36. The SMILES string of the molecule is Cc1cccc(C(=O)N2CCN(CC(C)CN)CC2)c1F. The highest BCUT2D eigenvalue weighted by molar-refractivity contribution is 5.94. The minimum absolute atomic E-state index is 0.179. The molecular weight excluding hydrogens is 269 g/mol. The Bertz CT molecular complexity index is 498. The minimum atomic E-state index is -0.401. The zero-order chi connectivity index (χ0) is 15.4. The van der Waals surface area contributed by atoms with E-state index in [9.17, 15) is 9.18 Å². The lowest BCUT2D eigenvalue weighted by Crippen LogP contribution is -2.50. The van der Waals surface area contributed by atoms with Gasteiger partial charge < -0.3 is 10.6 Å². The number of nitrogens with two attached hydrogens (primary N) is 1. The summed E-state index contributed by atoms with van der Waals surface area (Å²) in [4.78, 5) is 16.5. The maximum absolute atomic E-state index is 14.0. The summed E-state index contributed by atoms with van der Waals surface area (Å²) in [5.74, 6) is -0.147. The molecule has 4 nitrogen and oxygen atoms in total. The zero-order valence-electron chi connectivity index (χ0n) is 12.8. The molecule has 1 aromatic carbocycles. The number of carbonyl (C=O) groups excluding carboxylic acids is 1. The van der Waals surface area contributed by atoms with Gasteiger partial charge >= 0.3 is 0 Å². The van der Waals surface area contributed by atoms with E-state index in [0.29, 0.717) is 31.1 Å². The van der Waals surface area contributed by atoms with Crippen molar-refractivity contribution in [2.75, 3.05) is 39.3 Å². The van der Waals surface area contributed by atoms with E-state index in [1.165, 1.54) is 0 Å². The predicted molar refractivity (Wildman–Crippen MR) is 81.7 cm³/mol. The third-order valence-electron chi connectivity index (χ3n) is 4.05. The molecule has 0 bridgehead atoms. The van der Waals surface area contributed by atoms with Crippen LogP contribution in [0.5, 0.6) is 0 Å². The van der Waals surface area contributed by atoms with Crippen LogP contribution in [0.2, 0.25) is 0 Å². The van der Waals surface area contributed by atoms with E-state index in [1.807, 2.05) is 0 Å². The summed E-state index contributed by atoms with van der Waals surface area (Å²) in [7, 11) is 0. The average molecular weight is 293 g/mol. The fourth-order valence-electron chi connectivity index (χ4n) is 2.63. The third-order valence-corrected chi connectivity index (χ3v) is 4.05. The van der Waals surface area contributed by atoms with Crippen molar-refractivity contribution in [3.05, 3.63) is 35.1 Å². The number of piperazine rings is 1. The van der Waals surface area contributed by atoms with Gasteiger partial charge in [-0.15, -0.1) is 0 Å². The fourth-order valence-corrected chi connectivity index (χ4v) is 2.63. The molecular formula is C16H24FN3O. The molecule has 2 N–H and O–H groups in total. The van der Waals surface area contributed by atoms with Crippen molar-refractivity contribution in [1.82, 2.24) is 9.80 Å². The van der Waals surface area contributed by atoms with Gasteiger partial charge in [0, 0.05) is 32.7 Å². The molecule has 1 fully saturated rings. The van der Waals surface area contributed by atoms with Crippen LogP contribution < -0.4 is 5.73 Å². The van der Waals surface area contributed by atoms with E-state index < -0.39 is 5.82 Å². The Morgan fingerprint density at radius 3 is 2.62 bits per heavy atom. The monoisotopic (exact) mass is 293 g/mol. The highest BCUT2D eigenvalue weighted by Crippen LogP contribution is 2.16. The molecule has 0 aliphatic carbocycles. The Kier molecular flexibility index (Phi) is 5.31. The van der Waals surface area contributed by atoms with Gasteiger partial charge in [-0.25, -0.2) is 4.39 Å². The molecule has 0 spiro atoms. The number of rotatable bonds is 4. The van der Waals surface area contributed by atoms with Crippen molar-refractivity contribution < 1.29 is 9.18 Å². The summed E-state index contributed by atoms with van der Waals surface area (Å²) >= 11 is 0. The molecule has 5 heteroatoms. The van der Waals surface area contributed by atoms with Crippen LogP contribution in [-0.4, -0.2) is 55.0 Å². The topological polar surface area (TPSA) is 49.6 Å². The molecule has 0 saturated carbocycles. The van der Waals surface area contributed by atoms with E-state index in [1.54, 1.807) is 30.0 Å². The molecule has 2 rings (SSSR count). The standard InChI is InChI=1S/C16H24FN3O/c1-12(10-18)11-19-6-8-20(9-7-19)16(21)14-5-3-4-13(2)15(14)17/h3-5,12H,6-11,18H2,1-2H3. The molecule has 0 aromatic heterocycles. The predicted octanol–water partition coefficient (Wildman–Crippen LogP) is 1.49. The lowest BCUT2D eigenvalue weighted by Gasteiger charge is -2.36. The average Bonchev–Trinajstić information content (AvgIpc) is 2.50. The molecule has 1 aliphatic heterocycles. The van der Waals surface area contributed by atoms with Crippen LogP contribution in [0.25, 0.3) is 0 Å². The number of halogens is 1. The number of benzene rings is 1. The first-order valence-electron chi connectivity index (χ1n) is 7.49. The number of hydrogen-bond donors (Lipinski definition) is 1. The van der Waals surface area contributed by atoms with E-state index >= 15 is 0 Å². The number of amides is 1. The third kappa shape index (κ3) is 3.80. The highest BCUT2D eigenvalue weighted by Gasteiger charge is 2.24. The first-order chi connectivity index (χ1) is 10.0. The van der Waals surface area contributed by atoms with E-state index in [4.69, 9.17) is 5.73 Å². The van der Waals surface area contributed by atoms with Crippen molar-refractivity contribution in [1.29, 1.82) is 0 Å². The van der Waals surface area contributed by atoms with Crippen LogP contribution >= 0.6 is 0 Å². The van der Waals surface area contributed by atoms with Gasteiger partial charge in [-0.2, -0.15) is 0 Å². The number of aryl methyl sites for hydroxylation is 1. The second-order valence-corrected chi connectivity index (χ2v) is 5.87. The summed E-state index contributed by atoms with van der Waals surface area (Å²) in [6, 6.07) is 4.97. The van der Waals surface area contributed by atoms with Crippen molar-refractivity contribution >= 4 is 5.91 Å². The van der Waals surface area contributed by atoms with Gasteiger partial charge in [0.2, 0.25) is 0 Å². The second kappa shape index (κ2) is 7.00. The first kappa shape index (κ1) is 15.9. The number of hydrogen-bond acceptors (Lipinski definition) is 3. The Labute approximate surface area is 125 Å². The summed E-state index contributed by atoms with van der Waals surface area (Å²) < 4.78 is 14.0. The Morgan fingerprint density at radius 1 is 1.33 bits per heavy atom. The van der Waals surface area contributed by atoms with E-state index in [-0.39, 0.29) is 11.5 Å². The van der Waals surface area contributed by atoms with Gasteiger partial charge in [0.1, 0.15) is 5.82 Å². The number of carbonyl (C=O) groups is 1. The molecule has 1 heterocycles. The summed E-state index contributed by atoms with van der Waals surface area (Å²) in [5.41, 5.74) is 6.33. The molecule has 1 amide bonds. The normalized spacial score (nSPS) is 17.8. The summed E-state index contributed by atoms with van der Waals surface area (Å²) in [6.07, 6.45) is 0. The zero-order valence-corrected chi connectivity index (χ0v) is 12.8. The molecule has 1 unspecified atom stereocenters. The van der Waals surface area contributed by atoms with Gasteiger partial charge in [0.25, 0.3) is 5.91 Å². The smallest absolute Gasteiger partial charge is 0.256 e. The Morgan fingerprint density at radius 2 is 2.00 bits per heavy atom. The highest BCUT2D eigenvalue weighted by atomic mass is 19.1. The van der Waals surface area contributed by atoms with Crippen molar-refractivity contribution in [2.45, 2.75) is 13.8 Å². The molecule has 1 saturated heterocycles. The van der Waals surface area contributed by atoms with Crippen molar-refractivity contribution in [3.8, 4) is 0 Å². The second-order valence-electron chi connectivity index (χ2n) is 5.87. The maximum atomic E-state index is 14.0. The molecule has 116 valence electrons. The molecule has 1 aliphatic rings. The van der Waals surface area contributed by atoms with Crippen LogP contribution in [0.15, 0.2) is 18.2 Å². The van der Waals surface area contributed by atoms with E-state index in [0.717, 1.165) is 19.6 Å². The fraction of sp³-hybridized carbons (Fsp3) is 0.562. The lowest BCUT2D eigenvalue weighted by atomic mass is 10.1. The van der Waals surface area contributed by atoms with Crippen molar-refractivity contribution in [3.63, 3.8) is 0 Å². The van der Waals surface area contributed by atoms with Crippen LogP contribution in [0.4, 0.5) is 4.39 Å². The van der Waals surface area contributed by atoms with Gasteiger partial charge in [0.05, 0.1) is 5.56 Å². The van der Waals surface area contributed by atoms with Crippen LogP contribution in [0, 0.1) is 18.7 Å². The first-order valence-corrected chi connectivity index (χ1v) is 7.49. The largest absolute Gasteiger partial charge is 0.336 e. The molecule has 1 aromatic rings. The van der Waals surface area contributed by atoms with Gasteiger partial charge in [-0.3, -0.25) is 9.69 Å². The Balaban J connectivity index is 1.96. The van der Waals surface area contributed by atoms with Gasteiger partial charge in [-0.1, -0.05) is 19.1 Å². The minimum Gasteiger partial charge on any atom is -0.336 e. The lowest BCUT2D eigenvalue weighted by molar-refractivity contribution is 0.0617. The Hall–Kier alpha value is -1.46. The van der Waals surface area contributed by atoms with E-state index in [2.05, 4.69) is 11.8 Å². The van der Waals surface area contributed by atoms with Crippen LogP contribution in [0.3, 0.4) is 0 Å².